The Morgan fingerprint density at radius 1 is 1.41 bits per heavy atom. The molecule has 1 atom stereocenters. The Hall–Kier alpha value is -1.72. The Morgan fingerprint density at radius 2 is 2.29 bits per heavy atom. The van der Waals surface area contributed by atoms with Crippen LogP contribution in [0.25, 0.3) is 5.65 Å². The predicted octanol–water partition coefficient (Wildman–Crippen LogP) is 1.51. The lowest BCUT2D eigenvalue weighted by Crippen LogP contribution is -2.19. The van der Waals surface area contributed by atoms with E-state index in [1.165, 1.54) is 19.3 Å². The first-order valence-corrected chi connectivity index (χ1v) is 5.93. The zero-order valence-electron chi connectivity index (χ0n) is 10.1. The van der Waals surface area contributed by atoms with Gasteiger partial charge in [0, 0.05) is 6.04 Å². The molecular weight excluding hydrogens is 216 g/mol. The molecule has 0 amide bonds. The monoisotopic (exact) mass is 232 g/mol. The second kappa shape index (κ2) is 3.65. The van der Waals surface area contributed by atoms with Gasteiger partial charge < -0.3 is 5.32 Å². The minimum atomic E-state index is 0.430. The van der Waals surface area contributed by atoms with Crippen molar-refractivity contribution in [2.24, 2.45) is 5.41 Å². The van der Waals surface area contributed by atoms with Crippen LogP contribution in [0.15, 0.2) is 12.4 Å². The summed E-state index contributed by atoms with van der Waals surface area (Å²) in [6, 6.07) is 0.488. The standard InChI is InChI=1S/C11H16N6/c1-11(2)4-3-8(5-11)13-9-6-12-7-10-14-15-16-17(9)10/h6-8,13H,3-5H2,1-2H3. The Labute approximate surface area is 99.4 Å². The van der Waals surface area contributed by atoms with E-state index in [2.05, 4.69) is 39.7 Å². The van der Waals surface area contributed by atoms with E-state index in [4.69, 9.17) is 0 Å². The van der Waals surface area contributed by atoms with Gasteiger partial charge in [0.2, 0.25) is 0 Å². The minimum absolute atomic E-state index is 0.430. The van der Waals surface area contributed by atoms with Crippen LogP contribution in [0.5, 0.6) is 0 Å². The lowest BCUT2D eigenvalue weighted by molar-refractivity contribution is 0.378. The molecule has 0 bridgehead atoms. The van der Waals surface area contributed by atoms with E-state index >= 15 is 0 Å². The van der Waals surface area contributed by atoms with E-state index in [0.717, 1.165) is 5.82 Å². The summed E-state index contributed by atoms with van der Waals surface area (Å²) in [5.41, 5.74) is 1.10. The highest BCUT2D eigenvalue weighted by atomic mass is 15.5. The topological polar surface area (TPSA) is 68.0 Å². The normalized spacial score (nSPS) is 23.1. The van der Waals surface area contributed by atoms with Crippen molar-refractivity contribution in [1.82, 2.24) is 25.0 Å². The fourth-order valence-corrected chi connectivity index (χ4v) is 2.54. The fourth-order valence-electron chi connectivity index (χ4n) is 2.54. The Kier molecular flexibility index (Phi) is 2.24. The molecule has 2 aromatic heterocycles. The SMILES string of the molecule is CC1(C)CCC(Nc2cncc3nnnn23)C1. The van der Waals surface area contributed by atoms with E-state index in [1.807, 2.05) is 0 Å². The molecule has 3 rings (SSSR count). The molecule has 0 radical (unpaired) electrons. The molecule has 2 heterocycles. The van der Waals surface area contributed by atoms with E-state index in [-0.39, 0.29) is 0 Å². The number of aromatic nitrogens is 5. The van der Waals surface area contributed by atoms with Crippen molar-refractivity contribution in [3.63, 3.8) is 0 Å². The minimum Gasteiger partial charge on any atom is -0.366 e. The van der Waals surface area contributed by atoms with Crippen LogP contribution in [-0.4, -0.2) is 31.1 Å². The average molecular weight is 232 g/mol. The van der Waals surface area contributed by atoms with Crippen LogP contribution in [0.3, 0.4) is 0 Å². The highest BCUT2D eigenvalue weighted by molar-refractivity contribution is 5.44. The third kappa shape index (κ3) is 1.94. The summed E-state index contributed by atoms with van der Waals surface area (Å²) < 4.78 is 1.69. The van der Waals surface area contributed by atoms with E-state index in [1.54, 1.807) is 16.9 Å². The molecule has 1 fully saturated rings. The largest absolute Gasteiger partial charge is 0.366 e. The van der Waals surface area contributed by atoms with Crippen molar-refractivity contribution >= 4 is 11.5 Å². The molecule has 1 aliphatic rings. The van der Waals surface area contributed by atoms with Crippen LogP contribution in [0.1, 0.15) is 33.1 Å². The number of hydrogen-bond acceptors (Lipinski definition) is 5. The molecule has 90 valence electrons. The lowest BCUT2D eigenvalue weighted by atomic mass is 9.92. The zero-order valence-corrected chi connectivity index (χ0v) is 10.1. The smallest absolute Gasteiger partial charge is 0.199 e. The maximum atomic E-state index is 4.14. The highest BCUT2D eigenvalue weighted by Gasteiger charge is 2.31. The highest BCUT2D eigenvalue weighted by Crippen LogP contribution is 2.38. The van der Waals surface area contributed by atoms with Gasteiger partial charge in [-0.15, -0.1) is 5.10 Å². The van der Waals surface area contributed by atoms with Gasteiger partial charge in [0.25, 0.3) is 0 Å². The van der Waals surface area contributed by atoms with Crippen LogP contribution in [0.4, 0.5) is 5.82 Å². The van der Waals surface area contributed by atoms with Crippen molar-refractivity contribution in [2.75, 3.05) is 5.32 Å². The van der Waals surface area contributed by atoms with Gasteiger partial charge in [-0.3, -0.25) is 4.98 Å². The summed E-state index contributed by atoms with van der Waals surface area (Å²) in [6.45, 7) is 4.62. The van der Waals surface area contributed by atoms with Crippen molar-refractivity contribution in [1.29, 1.82) is 0 Å². The molecule has 0 saturated heterocycles. The molecule has 1 aliphatic carbocycles. The average Bonchev–Trinajstić information content (AvgIpc) is 2.85. The van der Waals surface area contributed by atoms with Crippen LogP contribution in [-0.2, 0) is 0 Å². The molecule has 6 nitrogen and oxygen atoms in total. The maximum absolute atomic E-state index is 4.14. The number of nitrogens with zero attached hydrogens (tertiary/aromatic N) is 5. The van der Waals surface area contributed by atoms with E-state index in [0.29, 0.717) is 17.1 Å². The van der Waals surface area contributed by atoms with Crippen LogP contribution in [0, 0.1) is 5.41 Å². The molecule has 1 unspecified atom stereocenters. The van der Waals surface area contributed by atoms with Gasteiger partial charge in [-0.25, -0.2) is 0 Å². The summed E-state index contributed by atoms with van der Waals surface area (Å²) in [5, 5.41) is 15.0. The maximum Gasteiger partial charge on any atom is 0.199 e. The number of anilines is 1. The van der Waals surface area contributed by atoms with Crippen LogP contribution >= 0.6 is 0 Å². The Balaban J connectivity index is 1.84. The third-order valence-corrected chi connectivity index (χ3v) is 3.43. The first-order chi connectivity index (χ1) is 8.14. The van der Waals surface area contributed by atoms with Crippen molar-refractivity contribution in [2.45, 2.75) is 39.2 Å². The summed E-state index contributed by atoms with van der Waals surface area (Å²) in [6.07, 6.45) is 7.04. The molecule has 0 aromatic carbocycles. The molecular formula is C11H16N6. The van der Waals surface area contributed by atoms with Gasteiger partial charge in [-0.1, -0.05) is 13.8 Å². The first-order valence-electron chi connectivity index (χ1n) is 5.93. The van der Waals surface area contributed by atoms with Crippen molar-refractivity contribution < 1.29 is 0 Å². The fraction of sp³-hybridized carbons (Fsp3) is 0.636. The second-order valence-corrected chi connectivity index (χ2v) is 5.49. The summed E-state index contributed by atoms with van der Waals surface area (Å²) in [4.78, 5) is 4.14. The predicted molar refractivity (Wildman–Crippen MR) is 63.6 cm³/mol. The number of rotatable bonds is 2. The third-order valence-electron chi connectivity index (χ3n) is 3.43. The number of fused-ring (bicyclic) bond motifs is 1. The van der Waals surface area contributed by atoms with E-state index < -0.39 is 0 Å². The molecule has 0 aliphatic heterocycles. The quantitative estimate of drug-likeness (QED) is 0.850. The number of tetrazole rings is 1. The molecule has 2 aromatic rings. The zero-order chi connectivity index (χ0) is 11.9. The molecule has 17 heavy (non-hydrogen) atoms. The summed E-state index contributed by atoms with van der Waals surface area (Å²) >= 11 is 0. The molecule has 0 spiro atoms. The van der Waals surface area contributed by atoms with Crippen molar-refractivity contribution in [3.8, 4) is 0 Å². The number of nitrogens with one attached hydrogen (secondary N) is 1. The number of hydrogen-bond donors (Lipinski definition) is 1. The van der Waals surface area contributed by atoms with Crippen LogP contribution < -0.4 is 5.32 Å². The van der Waals surface area contributed by atoms with Gasteiger partial charge in [-0.05, 0) is 35.1 Å². The van der Waals surface area contributed by atoms with Gasteiger partial charge in [-0.2, -0.15) is 4.52 Å². The van der Waals surface area contributed by atoms with Gasteiger partial charge in [0.15, 0.2) is 11.5 Å². The Bertz CT molecular complexity index is 531. The molecule has 1 saturated carbocycles. The molecule has 1 N–H and O–H groups in total. The summed E-state index contributed by atoms with van der Waals surface area (Å²) in [7, 11) is 0. The van der Waals surface area contributed by atoms with E-state index in [9.17, 15) is 0 Å². The Morgan fingerprint density at radius 3 is 3.06 bits per heavy atom. The lowest BCUT2D eigenvalue weighted by Gasteiger charge is -2.18. The van der Waals surface area contributed by atoms with Crippen LogP contribution in [0.2, 0.25) is 0 Å². The molecule has 6 heteroatoms. The summed E-state index contributed by atoms with van der Waals surface area (Å²) in [5.74, 6) is 0.871. The van der Waals surface area contributed by atoms with Gasteiger partial charge in [0.1, 0.15) is 0 Å². The van der Waals surface area contributed by atoms with Crippen molar-refractivity contribution in [3.05, 3.63) is 12.4 Å². The van der Waals surface area contributed by atoms with Gasteiger partial charge >= 0.3 is 0 Å². The first kappa shape index (κ1) is 10.4. The second-order valence-electron chi connectivity index (χ2n) is 5.49. The van der Waals surface area contributed by atoms with Gasteiger partial charge in [0.05, 0.1) is 12.4 Å².